The van der Waals surface area contributed by atoms with Gasteiger partial charge in [-0.25, -0.2) is 4.39 Å². The van der Waals surface area contributed by atoms with Crippen LogP contribution < -0.4 is 10.5 Å². The topological polar surface area (TPSA) is 72.6 Å². The molecular weight excluding hydrogens is 285 g/mol. The normalized spacial score (nSPS) is 10.3. The van der Waals surface area contributed by atoms with Crippen LogP contribution in [-0.4, -0.2) is 11.1 Å². The van der Waals surface area contributed by atoms with Crippen LogP contribution >= 0.6 is 11.6 Å². The monoisotopic (exact) mass is 295 g/mol. The van der Waals surface area contributed by atoms with Crippen LogP contribution in [0.5, 0.6) is 11.5 Å². The number of ether oxygens (including phenoxy) is 1. The minimum Gasteiger partial charge on any atom is -0.481 e. The second kappa shape index (κ2) is 5.79. The lowest BCUT2D eigenvalue weighted by Gasteiger charge is -2.12. The zero-order chi connectivity index (χ0) is 14.7. The molecule has 0 saturated heterocycles. The number of carboxylic acid groups (broad SMARTS) is 1. The summed E-state index contributed by atoms with van der Waals surface area (Å²) in [5.74, 6) is -1.48. The highest BCUT2D eigenvalue weighted by atomic mass is 35.5. The Morgan fingerprint density at radius 2 is 2.00 bits per heavy atom. The standard InChI is InChI=1S/C14H11ClFNO3/c15-9-5-8(6-13(18)19)14(17)12(7-9)20-11-4-2-1-3-10(11)16/h1-5,7H,6,17H2,(H,18,19). The van der Waals surface area contributed by atoms with Crippen LogP contribution in [0, 0.1) is 5.82 Å². The molecule has 0 bridgehead atoms. The van der Waals surface area contributed by atoms with Crippen molar-refractivity contribution in [3.63, 3.8) is 0 Å². The van der Waals surface area contributed by atoms with Crippen LogP contribution in [0.3, 0.4) is 0 Å². The van der Waals surface area contributed by atoms with Crippen molar-refractivity contribution in [3.05, 3.63) is 52.8 Å². The first-order valence-corrected chi connectivity index (χ1v) is 6.07. The summed E-state index contributed by atoms with van der Waals surface area (Å²) in [5, 5.41) is 9.07. The molecule has 104 valence electrons. The van der Waals surface area contributed by atoms with Crippen LogP contribution in [0.2, 0.25) is 5.02 Å². The molecule has 0 aliphatic carbocycles. The number of halogens is 2. The molecule has 0 fully saturated rings. The third-order valence-electron chi connectivity index (χ3n) is 2.59. The first-order chi connectivity index (χ1) is 9.47. The van der Waals surface area contributed by atoms with Gasteiger partial charge in [0, 0.05) is 11.1 Å². The Hall–Kier alpha value is -2.27. The summed E-state index contributed by atoms with van der Waals surface area (Å²) in [5.41, 5.74) is 6.27. The van der Waals surface area contributed by atoms with E-state index in [1.165, 1.54) is 30.3 Å². The molecular formula is C14H11ClFNO3. The van der Waals surface area contributed by atoms with Gasteiger partial charge in [-0.3, -0.25) is 4.79 Å². The number of para-hydroxylation sites is 1. The van der Waals surface area contributed by atoms with E-state index in [1.807, 2.05) is 0 Å². The number of nitrogens with two attached hydrogens (primary N) is 1. The number of benzene rings is 2. The molecule has 0 unspecified atom stereocenters. The molecule has 4 nitrogen and oxygen atoms in total. The van der Waals surface area contributed by atoms with Crippen molar-refractivity contribution < 1.29 is 19.0 Å². The lowest BCUT2D eigenvalue weighted by atomic mass is 10.1. The molecule has 0 saturated carbocycles. The largest absolute Gasteiger partial charge is 0.481 e. The molecule has 3 N–H and O–H groups in total. The molecule has 0 radical (unpaired) electrons. The second-order valence-electron chi connectivity index (χ2n) is 4.08. The average molecular weight is 296 g/mol. The van der Waals surface area contributed by atoms with Crippen LogP contribution in [0.4, 0.5) is 10.1 Å². The van der Waals surface area contributed by atoms with Gasteiger partial charge in [0.1, 0.15) is 0 Å². The Labute approximate surface area is 119 Å². The molecule has 0 aliphatic heterocycles. The van der Waals surface area contributed by atoms with E-state index < -0.39 is 11.8 Å². The zero-order valence-electron chi connectivity index (χ0n) is 10.3. The van der Waals surface area contributed by atoms with Crippen molar-refractivity contribution >= 4 is 23.3 Å². The summed E-state index contributed by atoms with van der Waals surface area (Å²) < 4.78 is 18.9. The van der Waals surface area contributed by atoms with Crippen LogP contribution in [-0.2, 0) is 11.2 Å². The van der Waals surface area contributed by atoms with Crippen molar-refractivity contribution in [1.82, 2.24) is 0 Å². The van der Waals surface area contributed by atoms with E-state index in [2.05, 4.69) is 0 Å². The van der Waals surface area contributed by atoms with Gasteiger partial charge in [0.25, 0.3) is 0 Å². The Kier molecular flexibility index (Phi) is 4.10. The SMILES string of the molecule is Nc1c(CC(=O)O)cc(Cl)cc1Oc1ccccc1F. The van der Waals surface area contributed by atoms with Gasteiger partial charge in [-0.2, -0.15) is 0 Å². The highest BCUT2D eigenvalue weighted by Crippen LogP contribution is 2.34. The third kappa shape index (κ3) is 3.19. The number of hydrogen-bond donors (Lipinski definition) is 2. The summed E-state index contributed by atoms with van der Waals surface area (Å²) in [6, 6.07) is 8.67. The summed E-state index contributed by atoms with van der Waals surface area (Å²) in [7, 11) is 0. The van der Waals surface area contributed by atoms with Gasteiger partial charge in [-0.15, -0.1) is 0 Å². The first-order valence-electron chi connectivity index (χ1n) is 5.69. The fourth-order valence-corrected chi connectivity index (χ4v) is 1.92. The van der Waals surface area contributed by atoms with Gasteiger partial charge in [0.05, 0.1) is 12.1 Å². The van der Waals surface area contributed by atoms with Gasteiger partial charge in [0.2, 0.25) is 0 Å². The maximum absolute atomic E-state index is 13.5. The molecule has 0 aromatic heterocycles. The fraction of sp³-hybridized carbons (Fsp3) is 0.0714. The van der Waals surface area contributed by atoms with Crippen LogP contribution in [0.25, 0.3) is 0 Å². The van der Waals surface area contributed by atoms with E-state index in [4.69, 9.17) is 27.2 Å². The molecule has 6 heteroatoms. The van der Waals surface area contributed by atoms with E-state index in [9.17, 15) is 9.18 Å². The number of anilines is 1. The van der Waals surface area contributed by atoms with Crippen LogP contribution in [0.1, 0.15) is 5.56 Å². The van der Waals surface area contributed by atoms with E-state index in [-0.39, 0.29) is 28.6 Å². The van der Waals surface area contributed by atoms with Gasteiger partial charge in [-0.1, -0.05) is 23.7 Å². The van der Waals surface area contributed by atoms with E-state index in [1.54, 1.807) is 6.07 Å². The van der Waals surface area contributed by atoms with Crippen molar-refractivity contribution in [2.24, 2.45) is 0 Å². The molecule has 0 amide bonds. The first kappa shape index (κ1) is 14.1. The molecule has 0 aliphatic rings. The number of rotatable bonds is 4. The molecule has 0 atom stereocenters. The molecule has 20 heavy (non-hydrogen) atoms. The Balaban J connectivity index is 2.39. The van der Waals surface area contributed by atoms with Gasteiger partial charge >= 0.3 is 5.97 Å². The highest BCUT2D eigenvalue weighted by Gasteiger charge is 2.13. The number of nitrogen functional groups attached to an aromatic ring is 1. The Morgan fingerprint density at radius 1 is 1.30 bits per heavy atom. The lowest BCUT2D eigenvalue weighted by Crippen LogP contribution is -2.05. The van der Waals surface area contributed by atoms with Crippen LogP contribution in [0.15, 0.2) is 36.4 Å². The quantitative estimate of drug-likeness (QED) is 0.847. The third-order valence-corrected chi connectivity index (χ3v) is 2.81. The van der Waals surface area contributed by atoms with Crippen molar-refractivity contribution in [2.45, 2.75) is 6.42 Å². The second-order valence-corrected chi connectivity index (χ2v) is 4.52. The number of hydrogen-bond acceptors (Lipinski definition) is 3. The number of carboxylic acids is 1. The smallest absolute Gasteiger partial charge is 0.307 e. The molecule has 0 heterocycles. The van der Waals surface area contributed by atoms with E-state index >= 15 is 0 Å². The summed E-state index contributed by atoms with van der Waals surface area (Å²) in [4.78, 5) is 10.8. The maximum atomic E-state index is 13.5. The van der Waals surface area contributed by atoms with Crippen molar-refractivity contribution in [2.75, 3.05) is 5.73 Å². The minimum absolute atomic E-state index is 0.0114. The Bertz CT molecular complexity index is 661. The summed E-state index contributed by atoms with van der Waals surface area (Å²) in [6.07, 6.45) is -0.292. The Morgan fingerprint density at radius 3 is 2.65 bits per heavy atom. The number of aliphatic carboxylic acids is 1. The van der Waals surface area contributed by atoms with Gasteiger partial charge in [-0.05, 0) is 23.8 Å². The maximum Gasteiger partial charge on any atom is 0.307 e. The molecule has 2 aromatic carbocycles. The molecule has 2 rings (SSSR count). The lowest BCUT2D eigenvalue weighted by molar-refractivity contribution is -0.136. The summed E-state index contributed by atoms with van der Waals surface area (Å²) >= 11 is 5.89. The average Bonchev–Trinajstić information content (AvgIpc) is 2.37. The predicted octanol–water partition coefficient (Wildman–Crippen LogP) is 3.48. The highest BCUT2D eigenvalue weighted by molar-refractivity contribution is 6.31. The van der Waals surface area contributed by atoms with Crippen molar-refractivity contribution in [3.8, 4) is 11.5 Å². The van der Waals surface area contributed by atoms with E-state index in [0.717, 1.165) is 0 Å². The predicted molar refractivity (Wildman–Crippen MR) is 73.7 cm³/mol. The molecule has 0 spiro atoms. The minimum atomic E-state index is -1.05. The molecule has 2 aromatic rings. The van der Waals surface area contributed by atoms with Gasteiger partial charge in [0.15, 0.2) is 17.3 Å². The number of carbonyl (C=O) groups is 1. The van der Waals surface area contributed by atoms with Gasteiger partial charge < -0.3 is 15.6 Å². The summed E-state index contributed by atoms with van der Waals surface area (Å²) in [6.45, 7) is 0. The zero-order valence-corrected chi connectivity index (χ0v) is 11.0. The van der Waals surface area contributed by atoms with E-state index in [0.29, 0.717) is 5.56 Å². The van der Waals surface area contributed by atoms with Crippen molar-refractivity contribution in [1.29, 1.82) is 0 Å². The fourth-order valence-electron chi connectivity index (χ4n) is 1.69.